The van der Waals surface area contributed by atoms with Crippen LogP contribution in [0.15, 0.2) is 18.2 Å². The summed E-state index contributed by atoms with van der Waals surface area (Å²) < 4.78 is 4.68. The smallest absolute Gasteiger partial charge is 0.337 e. The third-order valence-corrected chi connectivity index (χ3v) is 2.83. The van der Waals surface area contributed by atoms with Crippen LogP contribution in [0.25, 0.3) is 0 Å². The van der Waals surface area contributed by atoms with Crippen molar-refractivity contribution in [2.24, 2.45) is 0 Å². The van der Waals surface area contributed by atoms with Gasteiger partial charge < -0.3 is 15.8 Å². The van der Waals surface area contributed by atoms with Gasteiger partial charge in [-0.05, 0) is 38.5 Å². The van der Waals surface area contributed by atoms with Gasteiger partial charge in [0.15, 0.2) is 0 Å². The van der Waals surface area contributed by atoms with Crippen molar-refractivity contribution in [3.63, 3.8) is 0 Å². The molecular weight excluding hydrogens is 216 g/mol. The Morgan fingerprint density at radius 2 is 2.12 bits per heavy atom. The lowest BCUT2D eigenvalue weighted by Gasteiger charge is -2.27. The Morgan fingerprint density at radius 3 is 2.65 bits per heavy atom. The van der Waals surface area contributed by atoms with Gasteiger partial charge in [0.2, 0.25) is 0 Å². The van der Waals surface area contributed by atoms with Gasteiger partial charge in [0.1, 0.15) is 0 Å². The van der Waals surface area contributed by atoms with Crippen LogP contribution in [-0.4, -0.2) is 18.6 Å². The summed E-state index contributed by atoms with van der Waals surface area (Å²) in [5.74, 6) is -0.359. The van der Waals surface area contributed by atoms with Gasteiger partial charge in [0.25, 0.3) is 0 Å². The number of carbonyl (C=O) groups is 1. The maximum atomic E-state index is 11.4. The van der Waals surface area contributed by atoms with Crippen LogP contribution in [0.2, 0.25) is 0 Å². The molecule has 4 nitrogen and oxygen atoms in total. The van der Waals surface area contributed by atoms with Crippen LogP contribution in [-0.2, 0) is 4.74 Å². The highest BCUT2D eigenvalue weighted by Crippen LogP contribution is 2.25. The maximum absolute atomic E-state index is 11.4. The number of ether oxygens (including phenoxy) is 1. The van der Waals surface area contributed by atoms with E-state index in [0.717, 1.165) is 12.1 Å². The minimum Gasteiger partial charge on any atom is -0.465 e. The predicted octanol–water partition coefficient (Wildman–Crippen LogP) is 2.66. The Morgan fingerprint density at radius 1 is 1.47 bits per heavy atom. The van der Waals surface area contributed by atoms with E-state index < -0.39 is 0 Å². The number of methoxy groups -OCH3 is 1. The van der Waals surface area contributed by atoms with Crippen LogP contribution in [0.1, 0.15) is 37.6 Å². The van der Waals surface area contributed by atoms with Gasteiger partial charge in [-0.1, -0.05) is 6.92 Å². The molecule has 0 saturated heterocycles. The lowest BCUT2D eigenvalue weighted by atomic mass is 10.0. The van der Waals surface area contributed by atoms with E-state index in [0.29, 0.717) is 11.3 Å². The molecule has 0 unspecified atom stereocenters. The molecule has 0 bridgehead atoms. The van der Waals surface area contributed by atoms with Gasteiger partial charge in [0.05, 0.1) is 24.0 Å². The number of hydrogen-bond acceptors (Lipinski definition) is 4. The summed E-state index contributed by atoms with van der Waals surface area (Å²) in [5.41, 5.74) is 7.70. The SMILES string of the molecule is CCC(C)(C)Nc1cc(C(=O)OC)ccc1N. The minimum atomic E-state index is -0.359. The summed E-state index contributed by atoms with van der Waals surface area (Å²) in [6.45, 7) is 6.25. The molecule has 94 valence electrons. The average molecular weight is 236 g/mol. The standard InChI is InChI=1S/C13H20N2O2/c1-5-13(2,3)15-11-8-9(12(16)17-4)6-7-10(11)14/h6-8,15H,5,14H2,1-4H3. The van der Waals surface area contributed by atoms with Gasteiger partial charge in [-0.25, -0.2) is 4.79 Å². The highest BCUT2D eigenvalue weighted by Gasteiger charge is 2.17. The van der Waals surface area contributed by atoms with E-state index in [1.165, 1.54) is 7.11 Å². The van der Waals surface area contributed by atoms with Gasteiger partial charge in [-0.15, -0.1) is 0 Å². The molecule has 0 fully saturated rings. The predicted molar refractivity (Wildman–Crippen MR) is 70.2 cm³/mol. The quantitative estimate of drug-likeness (QED) is 0.623. The van der Waals surface area contributed by atoms with Gasteiger partial charge >= 0.3 is 5.97 Å². The first-order valence-electron chi connectivity index (χ1n) is 5.65. The van der Waals surface area contributed by atoms with E-state index >= 15 is 0 Å². The lowest BCUT2D eigenvalue weighted by Crippen LogP contribution is -2.30. The number of nitrogens with two attached hydrogens (primary N) is 1. The number of carbonyl (C=O) groups excluding carboxylic acids is 1. The van der Waals surface area contributed by atoms with Crippen LogP contribution >= 0.6 is 0 Å². The van der Waals surface area contributed by atoms with Crippen molar-refractivity contribution in [3.05, 3.63) is 23.8 Å². The number of nitrogens with one attached hydrogen (secondary N) is 1. The second kappa shape index (κ2) is 5.08. The summed E-state index contributed by atoms with van der Waals surface area (Å²) in [4.78, 5) is 11.4. The summed E-state index contributed by atoms with van der Waals surface area (Å²) in [6, 6.07) is 5.09. The molecule has 3 N–H and O–H groups in total. The number of benzene rings is 1. The van der Waals surface area contributed by atoms with Crippen molar-refractivity contribution >= 4 is 17.3 Å². The van der Waals surface area contributed by atoms with Crippen molar-refractivity contribution in [2.45, 2.75) is 32.7 Å². The fourth-order valence-electron chi connectivity index (χ4n) is 1.36. The monoisotopic (exact) mass is 236 g/mol. The Balaban J connectivity index is 3.03. The molecule has 0 radical (unpaired) electrons. The van der Waals surface area contributed by atoms with Gasteiger partial charge in [-0.3, -0.25) is 0 Å². The second-order valence-electron chi connectivity index (χ2n) is 4.66. The molecule has 0 aliphatic carbocycles. The van der Waals surface area contributed by atoms with Crippen molar-refractivity contribution < 1.29 is 9.53 Å². The molecule has 0 saturated carbocycles. The minimum absolute atomic E-state index is 0.0666. The number of anilines is 2. The van der Waals surface area contributed by atoms with Crippen molar-refractivity contribution in [3.8, 4) is 0 Å². The highest BCUT2D eigenvalue weighted by molar-refractivity contribution is 5.92. The Hall–Kier alpha value is -1.71. The number of hydrogen-bond donors (Lipinski definition) is 2. The molecule has 0 spiro atoms. The molecule has 0 aliphatic rings. The van der Waals surface area contributed by atoms with E-state index in [2.05, 4.69) is 30.8 Å². The van der Waals surface area contributed by atoms with Crippen molar-refractivity contribution in [2.75, 3.05) is 18.2 Å². The largest absolute Gasteiger partial charge is 0.465 e. The molecule has 1 rings (SSSR count). The van der Waals surface area contributed by atoms with E-state index in [1.54, 1.807) is 18.2 Å². The fourth-order valence-corrected chi connectivity index (χ4v) is 1.36. The Bertz CT molecular complexity index is 414. The molecule has 17 heavy (non-hydrogen) atoms. The van der Waals surface area contributed by atoms with Crippen molar-refractivity contribution in [1.29, 1.82) is 0 Å². The molecule has 0 heterocycles. The molecule has 1 aromatic rings. The zero-order valence-corrected chi connectivity index (χ0v) is 10.8. The molecule has 0 atom stereocenters. The average Bonchev–Trinajstić information content (AvgIpc) is 2.30. The molecule has 0 aliphatic heterocycles. The van der Waals surface area contributed by atoms with Crippen LogP contribution in [0.3, 0.4) is 0 Å². The second-order valence-corrected chi connectivity index (χ2v) is 4.66. The van der Waals surface area contributed by atoms with Crippen LogP contribution in [0.5, 0.6) is 0 Å². The first-order valence-corrected chi connectivity index (χ1v) is 5.65. The Kier molecular flexibility index (Phi) is 3.99. The summed E-state index contributed by atoms with van der Waals surface area (Å²) in [5, 5.41) is 3.32. The highest BCUT2D eigenvalue weighted by atomic mass is 16.5. The molecule has 4 heteroatoms. The van der Waals surface area contributed by atoms with E-state index in [1.807, 2.05) is 0 Å². The van der Waals surface area contributed by atoms with Crippen molar-refractivity contribution in [1.82, 2.24) is 0 Å². The topological polar surface area (TPSA) is 64.3 Å². The van der Waals surface area contributed by atoms with E-state index in [9.17, 15) is 4.79 Å². The van der Waals surface area contributed by atoms with Crippen LogP contribution in [0, 0.1) is 0 Å². The molecule has 1 aromatic carbocycles. The zero-order valence-electron chi connectivity index (χ0n) is 10.8. The number of rotatable bonds is 4. The number of esters is 1. The molecule has 0 aromatic heterocycles. The van der Waals surface area contributed by atoms with Crippen LogP contribution in [0.4, 0.5) is 11.4 Å². The molecular formula is C13H20N2O2. The first kappa shape index (κ1) is 13.4. The summed E-state index contributed by atoms with van der Waals surface area (Å²) >= 11 is 0. The maximum Gasteiger partial charge on any atom is 0.337 e. The normalized spacial score (nSPS) is 11.1. The van der Waals surface area contributed by atoms with E-state index in [4.69, 9.17) is 5.73 Å². The zero-order chi connectivity index (χ0) is 13.1. The lowest BCUT2D eigenvalue weighted by molar-refractivity contribution is 0.0601. The van der Waals surface area contributed by atoms with Gasteiger partial charge in [0, 0.05) is 5.54 Å². The van der Waals surface area contributed by atoms with Crippen LogP contribution < -0.4 is 11.1 Å². The van der Waals surface area contributed by atoms with Gasteiger partial charge in [-0.2, -0.15) is 0 Å². The third-order valence-electron chi connectivity index (χ3n) is 2.83. The summed E-state index contributed by atoms with van der Waals surface area (Å²) in [6.07, 6.45) is 0.953. The summed E-state index contributed by atoms with van der Waals surface area (Å²) in [7, 11) is 1.36. The molecule has 0 amide bonds. The number of nitrogen functional groups attached to an aromatic ring is 1. The van der Waals surface area contributed by atoms with E-state index in [-0.39, 0.29) is 11.5 Å². The third kappa shape index (κ3) is 3.37. The fraction of sp³-hybridized carbons (Fsp3) is 0.462. The Labute approximate surface area is 102 Å². The first-order chi connectivity index (χ1) is 7.89.